The van der Waals surface area contributed by atoms with Gasteiger partial charge in [0.25, 0.3) is 0 Å². The Labute approximate surface area is 147 Å². The minimum Gasteiger partial charge on any atom is -0.378 e. The highest BCUT2D eigenvalue weighted by Gasteiger charge is 2.43. The van der Waals surface area contributed by atoms with Crippen LogP contribution in [0.15, 0.2) is 43.0 Å². The number of carbonyl (C=O) groups excluding carboxylic acids is 1. The molecule has 2 heterocycles. The third-order valence-electron chi connectivity index (χ3n) is 5.18. The molecule has 1 aromatic carbocycles. The maximum Gasteiger partial charge on any atom is 0.315 e. The molecule has 0 bridgehead atoms. The molecule has 25 heavy (non-hydrogen) atoms. The monoisotopic (exact) mass is 340 g/mol. The van der Waals surface area contributed by atoms with Gasteiger partial charge in [-0.05, 0) is 30.4 Å². The van der Waals surface area contributed by atoms with Crippen molar-refractivity contribution in [3.05, 3.63) is 54.1 Å². The number of amides is 2. The Balaban J connectivity index is 1.26. The number of nitrogens with one attached hydrogen (secondary N) is 2. The van der Waals surface area contributed by atoms with E-state index in [9.17, 15) is 4.79 Å². The first kappa shape index (κ1) is 16.1. The highest BCUT2D eigenvalue weighted by Crippen LogP contribution is 2.37. The molecular weight excluding hydrogens is 316 g/mol. The Morgan fingerprint density at radius 2 is 2.28 bits per heavy atom. The van der Waals surface area contributed by atoms with Gasteiger partial charge in [-0.2, -0.15) is 0 Å². The topological polar surface area (TPSA) is 68.2 Å². The molecule has 1 saturated heterocycles. The molecule has 1 aliphatic carbocycles. The molecule has 2 N–H and O–H groups in total. The molecule has 6 nitrogen and oxygen atoms in total. The molecule has 1 saturated carbocycles. The highest BCUT2D eigenvalue weighted by molar-refractivity contribution is 5.74. The molecule has 132 valence electrons. The fourth-order valence-electron chi connectivity index (χ4n) is 3.79. The van der Waals surface area contributed by atoms with Gasteiger partial charge in [-0.15, -0.1) is 0 Å². The second-order valence-corrected chi connectivity index (χ2v) is 6.94. The number of carbonyl (C=O) groups is 1. The van der Waals surface area contributed by atoms with E-state index >= 15 is 0 Å². The van der Waals surface area contributed by atoms with Crippen molar-refractivity contribution in [3.63, 3.8) is 0 Å². The minimum atomic E-state index is -0.0889. The van der Waals surface area contributed by atoms with Crippen LogP contribution in [0, 0.1) is 5.92 Å². The maximum absolute atomic E-state index is 12.2. The molecule has 1 aliphatic heterocycles. The fourth-order valence-corrected chi connectivity index (χ4v) is 3.79. The van der Waals surface area contributed by atoms with Gasteiger partial charge in [-0.1, -0.05) is 24.3 Å². The third-order valence-corrected chi connectivity index (χ3v) is 5.18. The SMILES string of the molecule is O=C(NCc1cccc(Cn2ccnc2)c1)NC1CC2OCCCC12. The Morgan fingerprint density at radius 3 is 3.12 bits per heavy atom. The molecule has 0 radical (unpaired) electrons. The average molecular weight is 340 g/mol. The second-order valence-electron chi connectivity index (χ2n) is 6.94. The largest absolute Gasteiger partial charge is 0.378 e. The fraction of sp³-hybridized carbons (Fsp3) is 0.474. The lowest BCUT2D eigenvalue weighted by Crippen LogP contribution is -2.59. The van der Waals surface area contributed by atoms with E-state index in [2.05, 4.69) is 27.8 Å². The van der Waals surface area contributed by atoms with Crippen LogP contribution in [0.4, 0.5) is 4.79 Å². The van der Waals surface area contributed by atoms with Crippen molar-refractivity contribution in [2.45, 2.75) is 44.5 Å². The number of urea groups is 1. The molecule has 4 rings (SSSR count). The van der Waals surface area contributed by atoms with E-state index in [0.717, 1.165) is 38.0 Å². The van der Waals surface area contributed by atoms with Crippen molar-refractivity contribution < 1.29 is 9.53 Å². The van der Waals surface area contributed by atoms with Crippen molar-refractivity contribution in [1.29, 1.82) is 0 Å². The normalized spacial score (nSPS) is 24.9. The maximum atomic E-state index is 12.2. The first-order chi connectivity index (χ1) is 12.3. The van der Waals surface area contributed by atoms with E-state index in [4.69, 9.17) is 4.74 Å². The number of aromatic nitrogens is 2. The van der Waals surface area contributed by atoms with Gasteiger partial charge in [0.15, 0.2) is 0 Å². The van der Waals surface area contributed by atoms with E-state index in [1.54, 1.807) is 12.5 Å². The van der Waals surface area contributed by atoms with Gasteiger partial charge in [0.1, 0.15) is 0 Å². The van der Waals surface area contributed by atoms with E-state index < -0.39 is 0 Å². The number of hydrogen-bond donors (Lipinski definition) is 2. The number of imidazole rings is 1. The lowest BCUT2D eigenvalue weighted by atomic mass is 9.72. The minimum absolute atomic E-state index is 0.0889. The summed E-state index contributed by atoms with van der Waals surface area (Å²) in [5, 5.41) is 6.06. The molecule has 2 fully saturated rings. The molecule has 2 amide bonds. The first-order valence-corrected chi connectivity index (χ1v) is 8.97. The number of benzene rings is 1. The highest BCUT2D eigenvalue weighted by atomic mass is 16.5. The second kappa shape index (κ2) is 7.27. The third kappa shape index (κ3) is 3.85. The average Bonchev–Trinajstić information content (AvgIpc) is 3.11. The Hall–Kier alpha value is -2.34. The van der Waals surface area contributed by atoms with Crippen LogP contribution in [0.2, 0.25) is 0 Å². The van der Waals surface area contributed by atoms with Crippen LogP contribution in [0.5, 0.6) is 0 Å². The number of ether oxygens (including phenoxy) is 1. The van der Waals surface area contributed by atoms with Gasteiger partial charge in [0.2, 0.25) is 0 Å². The molecule has 2 aliphatic rings. The summed E-state index contributed by atoms with van der Waals surface area (Å²) >= 11 is 0. The van der Waals surface area contributed by atoms with Crippen LogP contribution < -0.4 is 10.6 Å². The zero-order valence-electron chi connectivity index (χ0n) is 14.2. The van der Waals surface area contributed by atoms with Gasteiger partial charge < -0.3 is 19.9 Å². The smallest absolute Gasteiger partial charge is 0.315 e. The van der Waals surface area contributed by atoms with Crippen LogP contribution >= 0.6 is 0 Å². The van der Waals surface area contributed by atoms with E-state index in [0.29, 0.717) is 18.6 Å². The summed E-state index contributed by atoms with van der Waals surface area (Å²) in [6.07, 6.45) is 9.09. The van der Waals surface area contributed by atoms with Gasteiger partial charge in [0, 0.05) is 44.0 Å². The van der Waals surface area contributed by atoms with Gasteiger partial charge in [-0.3, -0.25) is 0 Å². The Morgan fingerprint density at radius 1 is 1.36 bits per heavy atom. The molecule has 6 heteroatoms. The number of fused-ring (bicyclic) bond motifs is 1. The lowest BCUT2D eigenvalue weighted by molar-refractivity contribution is -0.0999. The van der Waals surface area contributed by atoms with Gasteiger partial charge >= 0.3 is 6.03 Å². The summed E-state index contributed by atoms with van der Waals surface area (Å²) in [4.78, 5) is 16.2. The number of hydrogen-bond acceptors (Lipinski definition) is 3. The quantitative estimate of drug-likeness (QED) is 0.877. The van der Waals surface area contributed by atoms with Crippen LogP contribution in [0.25, 0.3) is 0 Å². The van der Waals surface area contributed by atoms with E-state index in [1.807, 2.05) is 22.9 Å². The summed E-state index contributed by atoms with van der Waals surface area (Å²) < 4.78 is 7.72. The number of nitrogens with zero attached hydrogens (tertiary/aromatic N) is 2. The lowest BCUT2D eigenvalue weighted by Gasteiger charge is -2.47. The van der Waals surface area contributed by atoms with Crippen molar-refractivity contribution >= 4 is 6.03 Å². The van der Waals surface area contributed by atoms with Crippen LogP contribution in [-0.4, -0.2) is 34.3 Å². The van der Waals surface area contributed by atoms with Gasteiger partial charge in [0.05, 0.1) is 12.4 Å². The molecule has 3 unspecified atom stereocenters. The van der Waals surface area contributed by atoms with Crippen molar-refractivity contribution in [1.82, 2.24) is 20.2 Å². The molecule has 3 atom stereocenters. The summed E-state index contributed by atoms with van der Waals surface area (Å²) in [6, 6.07) is 8.44. The van der Waals surface area contributed by atoms with Crippen LogP contribution in [-0.2, 0) is 17.8 Å². The zero-order chi connectivity index (χ0) is 17.1. The summed E-state index contributed by atoms with van der Waals surface area (Å²) in [5.41, 5.74) is 2.29. The standard InChI is InChI=1S/C19H24N4O2/c24-19(22-17-10-18-16(17)5-2-8-25-18)21-11-14-3-1-4-15(9-14)12-23-7-6-20-13-23/h1,3-4,6-7,9,13,16-18H,2,5,8,10-12H2,(H2,21,22,24). The zero-order valence-corrected chi connectivity index (χ0v) is 14.2. The molecule has 0 spiro atoms. The summed E-state index contributed by atoms with van der Waals surface area (Å²) in [5.74, 6) is 0.498. The van der Waals surface area contributed by atoms with Crippen LogP contribution in [0.1, 0.15) is 30.4 Å². The van der Waals surface area contributed by atoms with Gasteiger partial charge in [-0.25, -0.2) is 9.78 Å². The first-order valence-electron chi connectivity index (χ1n) is 8.97. The Kier molecular flexibility index (Phi) is 4.70. The van der Waals surface area contributed by atoms with Crippen LogP contribution in [0.3, 0.4) is 0 Å². The Bertz CT molecular complexity index is 716. The summed E-state index contributed by atoms with van der Waals surface area (Å²) in [7, 11) is 0. The van der Waals surface area contributed by atoms with Crippen molar-refractivity contribution in [3.8, 4) is 0 Å². The van der Waals surface area contributed by atoms with Crippen molar-refractivity contribution in [2.24, 2.45) is 5.92 Å². The summed E-state index contributed by atoms with van der Waals surface area (Å²) in [6.45, 7) is 2.18. The van der Waals surface area contributed by atoms with E-state index in [-0.39, 0.29) is 12.1 Å². The molecular formula is C19H24N4O2. The van der Waals surface area contributed by atoms with E-state index in [1.165, 1.54) is 5.56 Å². The molecule has 1 aromatic heterocycles. The predicted octanol–water partition coefficient (Wildman–Crippen LogP) is 2.30. The predicted molar refractivity (Wildman–Crippen MR) is 94.0 cm³/mol. The molecule has 2 aromatic rings. The number of rotatable bonds is 5. The van der Waals surface area contributed by atoms with Crippen molar-refractivity contribution in [2.75, 3.05) is 6.61 Å².